The molecule has 0 radical (unpaired) electrons. The van der Waals surface area contributed by atoms with Crippen LogP contribution in [0.5, 0.6) is 5.75 Å². The molecule has 0 saturated heterocycles. The first-order valence-corrected chi connectivity index (χ1v) is 18.6. The van der Waals surface area contributed by atoms with Gasteiger partial charge in [0.25, 0.3) is 0 Å². The van der Waals surface area contributed by atoms with E-state index in [2.05, 4.69) is 135 Å². The third kappa shape index (κ3) is 5.47. The Bertz CT molecular complexity index is 3090. The summed E-state index contributed by atoms with van der Waals surface area (Å²) in [7, 11) is 0. The number of hydrogen-bond acceptors (Lipinski definition) is 4. The second kappa shape index (κ2) is 12.6. The largest absolute Gasteiger partial charge is 0.507 e. The highest BCUT2D eigenvalue weighted by Crippen LogP contribution is 2.42. The van der Waals surface area contributed by atoms with Crippen molar-refractivity contribution >= 4 is 43.7 Å². The van der Waals surface area contributed by atoms with Gasteiger partial charge >= 0.3 is 0 Å². The van der Waals surface area contributed by atoms with E-state index >= 15 is 0 Å². The van der Waals surface area contributed by atoms with Crippen molar-refractivity contribution in [1.82, 2.24) is 14.5 Å². The molecule has 55 heavy (non-hydrogen) atoms. The van der Waals surface area contributed by atoms with Crippen LogP contribution in [0.4, 0.5) is 0 Å². The first kappa shape index (κ1) is 32.7. The second-order valence-corrected chi connectivity index (χ2v) is 15.2. The SMILES string of the molecule is CC(C)(C)c1ccc(-n2c(-c3ccccc3O)nc3c(-c4cccc(-c5cc6oc7c8ccccc8ccc7c6cn5)c4)cccc32)c(-c2ccccc2)c1. The Labute approximate surface area is 318 Å². The molecule has 0 saturated carbocycles. The van der Waals surface area contributed by atoms with Crippen LogP contribution in [-0.2, 0) is 5.41 Å². The quantitative estimate of drug-likeness (QED) is 0.193. The van der Waals surface area contributed by atoms with Crippen molar-refractivity contribution in [1.29, 1.82) is 0 Å². The molecule has 5 nitrogen and oxygen atoms in total. The fraction of sp³-hybridized carbons (Fsp3) is 0.0800. The van der Waals surface area contributed by atoms with Gasteiger partial charge in [0, 0.05) is 45.1 Å². The summed E-state index contributed by atoms with van der Waals surface area (Å²) < 4.78 is 8.71. The van der Waals surface area contributed by atoms with Gasteiger partial charge in [0.1, 0.15) is 22.7 Å². The third-order valence-electron chi connectivity index (χ3n) is 10.7. The fourth-order valence-corrected chi connectivity index (χ4v) is 7.87. The van der Waals surface area contributed by atoms with Crippen molar-refractivity contribution in [2.45, 2.75) is 26.2 Å². The molecule has 0 amide bonds. The number of furan rings is 1. The van der Waals surface area contributed by atoms with E-state index in [9.17, 15) is 5.11 Å². The lowest BCUT2D eigenvalue weighted by Crippen LogP contribution is -2.12. The minimum atomic E-state index is -0.0457. The number of hydrogen-bond donors (Lipinski definition) is 1. The smallest absolute Gasteiger partial charge is 0.149 e. The highest BCUT2D eigenvalue weighted by atomic mass is 16.3. The summed E-state index contributed by atoms with van der Waals surface area (Å²) in [6, 6.07) is 54.0. The number of phenols is 1. The minimum Gasteiger partial charge on any atom is -0.507 e. The molecule has 0 unspecified atom stereocenters. The Kier molecular flexibility index (Phi) is 7.46. The molecule has 0 spiro atoms. The lowest BCUT2D eigenvalue weighted by molar-refractivity contribution is 0.477. The van der Waals surface area contributed by atoms with Gasteiger partial charge in [0.2, 0.25) is 0 Å². The van der Waals surface area contributed by atoms with Crippen LogP contribution in [0.25, 0.3) is 94.3 Å². The van der Waals surface area contributed by atoms with Crippen LogP contribution in [0.1, 0.15) is 26.3 Å². The molecule has 0 bridgehead atoms. The van der Waals surface area contributed by atoms with Gasteiger partial charge in [-0.15, -0.1) is 0 Å². The van der Waals surface area contributed by atoms with Crippen molar-refractivity contribution in [2.24, 2.45) is 0 Å². The number of phenolic OH excluding ortho intramolecular Hbond substituents is 1. The van der Waals surface area contributed by atoms with Crippen LogP contribution in [-0.4, -0.2) is 19.6 Å². The highest BCUT2D eigenvalue weighted by Gasteiger charge is 2.24. The summed E-state index contributed by atoms with van der Waals surface area (Å²) in [6.45, 7) is 6.72. The molecule has 5 heteroatoms. The molecule has 3 aromatic heterocycles. The molecule has 7 aromatic carbocycles. The molecule has 0 aliphatic rings. The topological polar surface area (TPSA) is 64.1 Å². The standard InChI is InChI=1S/C50H37N3O2/c1-50(2,3)35-24-26-43(40(28-35)31-13-5-4-6-14-31)53-44-21-12-20-36(47(44)52-49(53)39-19-9-10-22-45(39)54)33-16-11-17-34(27-33)42-29-46-41(30-51-42)38-25-23-32-15-7-8-18-37(32)48(38)55-46/h4-30,54H,1-3H3. The number of rotatable bonds is 5. The van der Waals surface area contributed by atoms with Crippen LogP contribution < -0.4 is 0 Å². The molecule has 0 aliphatic heterocycles. The molecule has 10 rings (SSSR count). The number of nitrogens with zero attached hydrogens (tertiary/aromatic N) is 3. The lowest BCUT2D eigenvalue weighted by Gasteiger charge is -2.23. The van der Waals surface area contributed by atoms with Crippen LogP contribution in [0, 0.1) is 0 Å². The van der Waals surface area contributed by atoms with Crippen molar-refractivity contribution in [3.05, 3.63) is 169 Å². The average molecular weight is 712 g/mol. The summed E-state index contributed by atoms with van der Waals surface area (Å²) in [4.78, 5) is 10.3. The predicted octanol–water partition coefficient (Wildman–Crippen LogP) is 13.1. The Morgan fingerprint density at radius 1 is 0.582 bits per heavy atom. The number of pyridine rings is 1. The molecule has 264 valence electrons. The van der Waals surface area contributed by atoms with E-state index in [4.69, 9.17) is 14.4 Å². The maximum Gasteiger partial charge on any atom is 0.149 e. The van der Waals surface area contributed by atoms with E-state index in [-0.39, 0.29) is 11.2 Å². The monoisotopic (exact) mass is 711 g/mol. The van der Waals surface area contributed by atoms with Crippen molar-refractivity contribution in [3.8, 4) is 56.3 Å². The van der Waals surface area contributed by atoms with E-state index in [0.29, 0.717) is 11.4 Å². The van der Waals surface area contributed by atoms with Crippen LogP contribution in [0.15, 0.2) is 168 Å². The predicted molar refractivity (Wildman–Crippen MR) is 226 cm³/mol. The Hall–Kier alpha value is -6.98. The molecule has 0 fully saturated rings. The van der Waals surface area contributed by atoms with Gasteiger partial charge < -0.3 is 9.52 Å². The van der Waals surface area contributed by atoms with Gasteiger partial charge in [-0.25, -0.2) is 4.98 Å². The van der Waals surface area contributed by atoms with Gasteiger partial charge in [-0.2, -0.15) is 0 Å². The summed E-state index contributed by atoms with van der Waals surface area (Å²) in [6.07, 6.45) is 1.92. The van der Waals surface area contributed by atoms with Gasteiger partial charge in [0.15, 0.2) is 0 Å². The summed E-state index contributed by atoms with van der Waals surface area (Å²) in [5.41, 5.74) is 12.3. The van der Waals surface area contributed by atoms with Crippen molar-refractivity contribution < 1.29 is 9.52 Å². The molecule has 0 aliphatic carbocycles. The maximum absolute atomic E-state index is 11.3. The fourth-order valence-electron chi connectivity index (χ4n) is 7.87. The Balaban J connectivity index is 1.16. The van der Waals surface area contributed by atoms with E-state index in [1.54, 1.807) is 6.07 Å². The van der Waals surface area contributed by atoms with Gasteiger partial charge in [-0.05, 0) is 70.0 Å². The Morgan fingerprint density at radius 2 is 1.33 bits per heavy atom. The number of benzene rings is 7. The highest BCUT2D eigenvalue weighted by molar-refractivity contribution is 6.15. The lowest BCUT2D eigenvalue weighted by atomic mass is 9.85. The maximum atomic E-state index is 11.3. The van der Waals surface area contributed by atoms with E-state index in [1.807, 2.05) is 48.7 Å². The number of para-hydroxylation sites is 2. The summed E-state index contributed by atoms with van der Waals surface area (Å²) in [5, 5.41) is 15.6. The van der Waals surface area contributed by atoms with Crippen LogP contribution >= 0.6 is 0 Å². The molecule has 0 atom stereocenters. The van der Waals surface area contributed by atoms with Gasteiger partial charge in [-0.3, -0.25) is 9.55 Å². The normalized spacial score (nSPS) is 12.0. The van der Waals surface area contributed by atoms with Gasteiger partial charge in [0.05, 0.1) is 28.0 Å². The number of aromatic nitrogens is 3. The van der Waals surface area contributed by atoms with Crippen molar-refractivity contribution in [3.63, 3.8) is 0 Å². The minimum absolute atomic E-state index is 0.0457. The zero-order chi connectivity index (χ0) is 37.3. The molecule has 10 aromatic rings. The van der Waals surface area contributed by atoms with Gasteiger partial charge in [-0.1, -0.05) is 130 Å². The van der Waals surface area contributed by atoms with E-state index in [1.165, 1.54) is 5.56 Å². The van der Waals surface area contributed by atoms with E-state index in [0.717, 1.165) is 82.9 Å². The number of aromatic hydroxyl groups is 1. The van der Waals surface area contributed by atoms with Crippen LogP contribution in [0.2, 0.25) is 0 Å². The molecule has 3 heterocycles. The Morgan fingerprint density at radius 3 is 2.18 bits per heavy atom. The number of imidazole rings is 1. The zero-order valence-electron chi connectivity index (χ0n) is 30.8. The molecular formula is C50H37N3O2. The first-order valence-electron chi connectivity index (χ1n) is 18.6. The van der Waals surface area contributed by atoms with Crippen molar-refractivity contribution in [2.75, 3.05) is 0 Å². The zero-order valence-corrected chi connectivity index (χ0v) is 30.8. The second-order valence-electron chi connectivity index (χ2n) is 15.2. The van der Waals surface area contributed by atoms with Crippen LogP contribution in [0.3, 0.4) is 0 Å². The third-order valence-corrected chi connectivity index (χ3v) is 10.7. The first-order chi connectivity index (χ1) is 26.8. The summed E-state index contributed by atoms with van der Waals surface area (Å²) in [5.74, 6) is 0.845. The summed E-state index contributed by atoms with van der Waals surface area (Å²) >= 11 is 0. The average Bonchev–Trinajstić information content (AvgIpc) is 3.79. The number of fused-ring (bicyclic) bond motifs is 6. The molecule has 1 N–H and O–H groups in total. The molecular weight excluding hydrogens is 675 g/mol. The van der Waals surface area contributed by atoms with E-state index < -0.39 is 0 Å².